The molecule has 0 spiro atoms. The first-order valence-electron chi connectivity index (χ1n) is 46.5. The number of rotatable bonds is 7. The Hall–Kier alpha value is -17.2. The lowest BCUT2D eigenvalue weighted by Crippen LogP contribution is -2.06. The van der Waals surface area contributed by atoms with Crippen LogP contribution in [-0.4, -0.2) is 58.6 Å². The largest absolute Gasteiger partial charge is 0.277 e. The van der Waals surface area contributed by atoms with E-state index < -0.39 is 0 Å². The van der Waals surface area contributed by atoms with Crippen molar-refractivity contribution >= 4 is 246 Å². The lowest BCUT2D eigenvalue weighted by Gasteiger charge is -2.13. The van der Waals surface area contributed by atoms with E-state index in [9.17, 15) is 0 Å². The van der Waals surface area contributed by atoms with E-state index in [1.807, 2.05) is 47.9 Å². The van der Waals surface area contributed by atoms with Crippen molar-refractivity contribution in [3.8, 4) is 63.4 Å². The fraction of sp³-hybridized carbons (Fsp3) is 0.0325. The third-order valence-electron chi connectivity index (χ3n) is 27.7. The third-order valence-corrected chi connectivity index (χ3v) is 31.3. The molecule has 646 valence electrons. The number of hydrogen-bond donors (Lipinski definition) is 0. The van der Waals surface area contributed by atoms with Gasteiger partial charge in [0, 0.05) is 131 Å². The minimum Gasteiger partial charge on any atom is -0.277 e. The zero-order valence-corrected chi connectivity index (χ0v) is 77.5. The molecule has 0 N–H and O–H groups in total. The minimum atomic E-state index is 0.597. The molecule has 0 saturated heterocycles. The average Bonchev–Trinajstić information content (AvgIpc) is 1.54. The highest BCUT2D eigenvalue weighted by Crippen LogP contribution is 2.54. The molecule has 0 aliphatic rings. The second kappa shape index (κ2) is 31.2. The van der Waals surface area contributed by atoms with E-state index in [2.05, 4.69) is 421 Å². The predicted molar refractivity (Wildman–Crippen MR) is 582 cm³/mol. The number of hydrogen-bond acceptors (Lipinski definition) is 12. The molecule has 138 heavy (non-hydrogen) atoms. The summed E-state index contributed by atoms with van der Waals surface area (Å²) in [7, 11) is 0. The van der Waals surface area contributed by atoms with Gasteiger partial charge in [-0.3, -0.25) is 13.7 Å². The smallest absolute Gasteiger partial charge is 0.238 e. The molecule has 0 radical (unpaired) electrons. The van der Waals surface area contributed by atoms with Crippen LogP contribution in [0.15, 0.2) is 388 Å². The molecular formula is C123H76N12S3. The van der Waals surface area contributed by atoms with Gasteiger partial charge in [0.2, 0.25) is 17.8 Å². The number of benzene rings is 21. The van der Waals surface area contributed by atoms with E-state index in [1.165, 1.54) is 179 Å². The van der Waals surface area contributed by atoms with Crippen LogP contribution in [0.2, 0.25) is 0 Å². The van der Waals surface area contributed by atoms with Crippen molar-refractivity contribution in [1.29, 1.82) is 0 Å². The van der Waals surface area contributed by atoms with Gasteiger partial charge in [0.15, 0.2) is 23.3 Å². The monoisotopic (exact) mass is 1820 g/mol. The molecule has 15 heteroatoms. The van der Waals surface area contributed by atoms with E-state index >= 15 is 0 Å². The van der Waals surface area contributed by atoms with Gasteiger partial charge in [-0.25, -0.2) is 15.0 Å². The van der Waals surface area contributed by atoms with Gasteiger partial charge in [-0.1, -0.05) is 351 Å². The summed E-state index contributed by atoms with van der Waals surface area (Å²) in [6.45, 7) is 8.07. The molecule has 0 bridgehead atoms. The van der Waals surface area contributed by atoms with Gasteiger partial charge < -0.3 is 0 Å². The van der Waals surface area contributed by atoms with Gasteiger partial charge in [0.25, 0.3) is 0 Å². The molecule has 21 aromatic carbocycles. The van der Waals surface area contributed by atoms with Crippen LogP contribution < -0.4 is 0 Å². The second-order valence-corrected chi connectivity index (χ2v) is 39.1. The summed E-state index contributed by atoms with van der Waals surface area (Å²) in [6.07, 6.45) is 0. The number of aryl methyl sites for hydroxylation is 4. The van der Waals surface area contributed by atoms with Crippen LogP contribution >= 0.6 is 34.0 Å². The molecule has 12 nitrogen and oxygen atoms in total. The van der Waals surface area contributed by atoms with Crippen molar-refractivity contribution < 1.29 is 0 Å². The Labute approximate surface area is 800 Å². The number of nitrogens with zero attached hydrogens (tertiary/aromatic N) is 12. The highest BCUT2D eigenvalue weighted by molar-refractivity contribution is 7.28. The second-order valence-electron chi connectivity index (χ2n) is 35.9. The number of fused-ring (bicyclic) bond motifs is 38. The molecule has 30 rings (SSSR count). The van der Waals surface area contributed by atoms with E-state index in [0.717, 1.165) is 77.8 Å². The molecule has 0 unspecified atom stereocenters. The van der Waals surface area contributed by atoms with E-state index in [4.69, 9.17) is 39.9 Å². The maximum absolute atomic E-state index is 5.39. The van der Waals surface area contributed by atoms with Crippen molar-refractivity contribution in [2.45, 2.75) is 27.7 Å². The Kier molecular flexibility index (Phi) is 17.9. The Balaban J connectivity index is 0.000000104. The molecule has 9 heterocycles. The van der Waals surface area contributed by atoms with Crippen LogP contribution in [-0.2, 0) is 0 Å². The Morgan fingerprint density at radius 1 is 0.181 bits per heavy atom. The highest BCUT2D eigenvalue weighted by Gasteiger charge is 2.31. The summed E-state index contributed by atoms with van der Waals surface area (Å²) in [5, 5.41) is 34.6. The van der Waals surface area contributed by atoms with Crippen molar-refractivity contribution in [1.82, 2.24) is 58.6 Å². The SMILES string of the molecule is Cc1ccc(-c2nc(-c3ccc(C)cc3)nc(-n3c4ccccc4c4c5ccc6ccccc6c5c5sc6ccccc6c5c43)n2)cc1.Cc1nc(C)nc(-n2c3ccccc3c3c4ccc5ccccc5c4c4sc5ccccc5c4c32)n1.c1ccc2cc(-c3nc(-c4ccc5ccccc5c4)nc(-n4c5ccccc5c5c6ccc7ccccc7c6c6sc7ccccc7c6c54)n3)ccc2c1. The fourth-order valence-electron chi connectivity index (χ4n) is 21.6. The molecule has 0 amide bonds. The van der Waals surface area contributed by atoms with Gasteiger partial charge in [0.1, 0.15) is 11.6 Å². The summed E-state index contributed by atoms with van der Waals surface area (Å²) in [5.74, 6) is 5.90. The van der Waals surface area contributed by atoms with Crippen LogP contribution in [0.5, 0.6) is 0 Å². The molecule has 0 aliphatic heterocycles. The Morgan fingerprint density at radius 2 is 0.442 bits per heavy atom. The molecule has 30 aromatic rings. The first kappa shape index (κ1) is 79.4. The number of para-hydroxylation sites is 3. The van der Waals surface area contributed by atoms with Gasteiger partial charge in [-0.05, 0) is 146 Å². The van der Waals surface area contributed by atoms with E-state index in [0.29, 0.717) is 41.1 Å². The summed E-state index contributed by atoms with van der Waals surface area (Å²) >= 11 is 5.62. The summed E-state index contributed by atoms with van der Waals surface area (Å²) in [4.78, 5) is 45.7. The predicted octanol–water partition coefficient (Wildman–Crippen LogP) is 33.1. The van der Waals surface area contributed by atoms with Crippen LogP contribution in [0.4, 0.5) is 0 Å². The quantitative estimate of drug-likeness (QED) is 0.143. The molecular weight excluding hydrogens is 1740 g/mol. The van der Waals surface area contributed by atoms with Crippen LogP contribution in [0.1, 0.15) is 22.8 Å². The normalized spacial score (nSPS) is 12.1. The van der Waals surface area contributed by atoms with E-state index in [-0.39, 0.29) is 0 Å². The highest BCUT2D eigenvalue weighted by atomic mass is 32.1. The lowest BCUT2D eigenvalue weighted by atomic mass is 9.95. The maximum atomic E-state index is 5.39. The third kappa shape index (κ3) is 12.4. The van der Waals surface area contributed by atoms with E-state index in [1.54, 1.807) is 0 Å². The molecule has 0 aliphatic carbocycles. The van der Waals surface area contributed by atoms with Gasteiger partial charge >= 0.3 is 0 Å². The number of thiophene rings is 3. The molecule has 0 atom stereocenters. The van der Waals surface area contributed by atoms with Crippen molar-refractivity contribution in [2.24, 2.45) is 0 Å². The van der Waals surface area contributed by atoms with Gasteiger partial charge in [-0.2, -0.15) is 29.9 Å². The van der Waals surface area contributed by atoms with Gasteiger partial charge in [0.05, 0.1) is 33.1 Å². The standard InChI is InChI=1S/C49H28N4S.C43H28N4S.C31H20N4S/c1-3-14-32-27-34(23-21-29(32)11-1)47-50-48(35-24-22-30-12-2-4-15-33(30)28-35)52-49(51-47)53-40-19-9-7-17-37(40)42-39-26-25-31-13-5-6-16-36(31)43(39)46-44(45(42)53)38-18-8-10-20-41(38)54-46;1-25-15-19-28(20-16-25)41-44-42(29-21-17-26(2)18-22-29)46-43(45-41)47-34-13-7-5-11-31(34)36-33-24-23-27-9-3-4-10-30(27)37(33)40-38(39(36)47)32-12-6-8-14-35(32)48-40;1-17-32-18(2)34-31(33-17)35-24-13-7-5-11-21(24)26-23-16-15-19-9-3-4-10-20(19)27(23)30-28(29(26)35)22-12-6-8-14-25(22)36-30/h1-28H;3-24H,1-2H3;3-16H,1-2H3. The van der Waals surface area contributed by atoms with Crippen LogP contribution in [0.3, 0.4) is 0 Å². The summed E-state index contributed by atoms with van der Waals surface area (Å²) in [6, 6.07) is 139. The number of aromatic nitrogens is 12. The lowest BCUT2D eigenvalue weighted by molar-refractivity contribution is 0.865. The first-order valence-corrected chi connectivity index (χ1v) is 48.9. The zero-order chi connectivity index (χ0) is 91.2. The van der Waals surface area contributed by atoms with Crippen molar-refractivity contribution in [3.63, 3.8) is 0 Å². The Bertz CT molecular complexity index is 10300. The van der Waals surface area contributed by atoms with Gasteiger partial charge in [-0.15, -0.1) is 34.0 Å². The average molecular weight is 1820 g/mol. The summed E-state index contributed by atoms with van der Waals surface area (Å²) < 4.78 is 14.5. The van der Waals surface area contributed by atoms with Crippen LogP contribution in [0.25, 0.3) is 276 Å². The first-order chi connectivity index (χ1) is 68.1. The van der Waals surface area contributed by atoms with Crippen molar-refractivity contribution in [2.75, 3.05) is 0 Å². The molecule has 0 fully saturated rings. The maximum Gasteiger partial charge on any atom is 0.238 e. The van der Waals surface area contributed by atoms with Crippen molar-refractivity contribution in [3.05, 3.63) is 411 Å². The summed E-state index contributed by atoms with van der Waals surface area (Å²) in [5.41, 5.74) is 12.8. The topological polar surface area (TPSA) is 131 Å². The minimum absolute atomic E-state index is 0.597. The molecule has 0 saturated carbocycles. The van der Waals surface area contributed by atoms with Crippen LogP contribution in [0, 0.1) is 27.7 Å². The molecule has 9 aromatic heterocycles. The zero-order valence-electron chi connectivity index (χ0n) is 75.0. The fourth-order valence-corrected chi connectivity index (χ4v) is 25.5. The Morgan fingerprint density at radius 3 is 0.783 bits per heavy atom.